The summed E-state index contributed by atoms with van der Waals surface area (Å²) in [7, 11) is 0. The van der Waals surface area contributed by atoms with Crippen LogP contribution in [0.2, 0.25) is 0 Å². The molecule has 1 amide bonds. The van der Waals surface area contributed by atoms with E-state index in [4.69, 9.17) is 0 Å². The van der Waals surface area contributed by atoms with E-state index >= 15 is 0 Å². The molecule has 1 fully saturated rings. The van der Waals surface area contributed by atoms with E-state index in [1.54, 1.807) is 0 Å². The van der Waals surface area contributed by atoms with Crippen LogP contribution in [0.15, 0.2) is 0 Å². The minimum atomic E-state index is 0. The summed E-state index contributed by atoms with van der Waals surface area (Å²) < 4.78 is 0. The van der Waals surface area contributed by atoms with Crippen LogP contribution in [-0.4, -0.2) is 25.5 Å². The molecule has 1 aliphatic rings. The summed E-state index contributed by atoms with van der Waals surface area (Å²) in [6, 6.07) is 0. The van der Waals surface area contributed by atoms with Crippen molar-refractivity contribution in [2.45, 2.75) is 51.9 Å². The van der Waals surface area contributed by atoms with Crippen molar-refractivity contribution in [2.75, 3.05) is 19.6 Å². The first kappa shape index (κ1) is 16.7. The molecular formula is C13H27ClN2O. The average molecular weight is 263 g/mol. The van der Waals surface area contributed by atoms with Gasteiger partial charge in [-0.2, -0.15) is 0 Å². The Bertz CT molecular complexity index is 192. The van der Waals surface area contributed by atoms with Crippen molar-refractivity contribution in [1.29, 1.82) is 0 Å². The third-order valence-corrected chi connectivity index (χ3v) is 3.25. The minimum absolute atomic E-state index is 0. The zero-order valence-electron chi connectivity index (χ0n) is 11.0. The Kier molecular flexibility index (Phi) is 10.7. The Hall–Kier alpha value is -0.280. The summed E-state index contributed by atoms with van der Waals surface area (Å²) in [4.78, 5) is 11.8. The third-order valence-electron chi connectivity index (χ3n) is 3.25. The van der Waals surface area contributed by atoms with Crippen LogP contribution in [-0.2, 0) is 4.79 Å². The van der Waals surface area contributed by atoms with Gasteiger partial charge in [0.25, 0.3) is 0 Å². The first-order chi connectivity index (χ1) is 7.84. The number of hydrogen-bond donors (Lipinski definition) is 2. The zero-order valence-corrected chi connectivity index (χ0v) is 11.8. The number of halogens is 1. The summed E-state index contributed by atoms with van der Waals surface area (Å²) in [6.45, 7) is 4.86. The van der Waals surface area contributed by atoms with Crippen LogP contribution in [0.1, 0.15) is 51.9 Å². The van der Waals surface area contributed by atoms with Crippen LogP contribution in [0, 0.1) is 5.92 Å². The highest BCUT2D eigenvalue weighted by atomic mass is 35.5. The molecule has 0 aromatic rings. The first-order valence-electron chi connectivity index (χ1n) is 6.83. The molecule has 0 spiro atoms. The number of rotatable bonds is 6. The lowest BCUT2D eigenvalue weighted by molar-refractivity contribution is -0.125. The molecule has 0 heterocycles. The van der Waals surface area contributed by atoms with E-state index in [1.165, 1.54) is 25.7 Å². The Labute approximate surface area is 112 Å². The van der Waals surface area contributed by atoms with Gasteiger partial charge in [0.15, 0.2) is 0 Å². The van der Waals surface area contributed by atoms with Gasteiger partial charge >= 0.3 is 0 Å². The molecule has 0 radical (unpaired) electrons. The van der Waals surface area contributed by atoms with Gasteiger partial charge in [0, 0.05) is 19.0 Å². The van der Waals surface area contributed by atoms with Crippen molar-refractivity contribution in [2.24, 2.45) is 5.92 Å². The molecule has 0 aromatic carbocycles. The van der Waals surface area contributed by atoms with Gasteiger partial charge in [-0.1, -0.05) is 32.6 Å². The zero-order chi connectivity index (χ0) is 11.6. The molecular weight excluding hydrogens is 236 g/mol. The second kappa shape index (κ2) is 10.8. The summed E-state index contributed by atoms with van der Waals surface area (Å²) in [5, 5.41) is 6.33. The van der Waals surface area contributed by atoms with Crippen LogP contribution < -0.4 is 10.6 Å². The van der Waals surface area contributed by atoms with E-state index < -0.39 is 0 Å². The maximum Gasteiger partial charge on any atom is 0.223 e. The normalized spacial score (nSPS) is 17.0. The molecule has 0 aliphatic heterocycles. The summed E-state index contributed by atoms with van der Waals surface area (Å²) in [5.74, 6) is 0.564. The summed E-state index contributed by atoms with van der Waals surface area (Å²) in [6.07, 6.45) is 8.40. The molecule has 0 bridgehead atoms. The fourth-order valence-corrected chi connectivity index (χ4v) is 2.26. The molecule has 3 nitrogen and oxygen atoms in total. The first-order valence-corrected chi connectivity index (χ1v) is 6.83. The Morgan fingerprint density at radius 3 is 2.29 bits per heavy atom. The third kappa shape index (κ3) is 7.61. The van der Waals surface area contributed by atoms with Crippen LogP contribution in [0.25, 0.3) is 0 Å². The van der Waals surface area contributed by atoms with Crippen LogP contribution in [0.4, 0.5) is 0 Å². The average Bonchev–Trinajstić information content (AvgIpc) is 2.57. The van der Waals surface area contributed by atoms with Crippen molar-refractivity contribution in [3.8, 4) is 0 Å². The topological polar surface area (TPSA) is 41.1 Å². The standard InChI is InChI=1S/C13H26N2O.ClH/c1-2-9-14-10-11-15-13(16)12-7-5-3-4-6-8-12;/h12,14H,2-11H2,1H3,(H,15,16);1H. The lowest BCUT2D eigenvalue weighted by atomic mass is 9.99. The van der Waals surface area contributed by atoms with E-state index in [9.17, 15) is 4.79 Å². The smallest absolute Gasteiger partial charge is 0.223 e. The Morgan fingerprint density at radius 1 is 1.06 bits per heavy atom. The van der Waals surface area contributed by atoms with E-state index in [2.05, 4.69) is 17.6 Å². The molecule has 1 saturated carbocycles. The minimum Gasteiger partial charge on any atom is -0.355 e. The van der Waals surface area contributed by atoms with Gasteiger partial charge in [0.2, 0.25) is 5.91 Å². The van der Waals surface area contributed by atoms with Gasteiger partial charge in [0.1, 0.15) is 0 Å². The maximum atomic E-state index is 11.8. The van der Waals surface area contributed by atoms with Gasteiger partial charge in [-0.05, 0) is 25.8 Å². The number of carbonyl (C=O) groups is 1. The molecule has 17 heavy (non-hydrogen) atoms. The highest BCUT2D eigenvalue weighted by Gasteiger charge is 2.19. The van der Waals surface area contributed by atoms with Crippen molar-refractivity contribution in [3.63, 3.8) is 0 Å². The molecule has 0 unspecified atom stereocenters. The second-order valence-electron chi connectivity index (χ2n) is 4.73. The Morgan fingerprint density at radius 2 is 1.71 bits per heavy atom. The fraction of sp³-hybridized carbons (Fsp3) is 0.923. The monoisotopic (exact) mass is 262 g/mol. The van der Waals surface area contributed by atoms with Crippen LogP contribution >= 0.6 is 12.4 Å². The molecule has 0 saturated heterocycles. The molecule has 4 heteroatoms. The Balaban J connectivity index is 0.00000256. The summed E-state index contributed by atoms with van der Waals surface area (Å²) >= 11 is 0. The fourth-order valence-electron chi connectivity index (χ4n) is 2.26. The SMILES string of the molecule is CCCNCCNC(=O)C1CCCCCC1.Cl. The quantitative estimate of drug-likeness (QED) is 0.570. The van der Waals surface area contributed by atoms with E-state index in [0.717, 1.165) is 38.9 Å². The predicted octanol–water partition coefficient (Wildman–Crippen LogP) is 2.49. The van der Waals surface area contributed by atoms with Crippen molar-refractivity contribution < 1.29 is 4.79 Å². The van der Waals surface area contributed by atoms with Crippen molar-refractivity contribution in [3.05, 3.63) is 0 Å². The van der Waals surface area contributed by atoms with Crippen LogP contribution in [0.5, 0.6) is 0 Å². The number of carbonyl (C=O) groups excluding carboxylic acids is 1. The predicted molar refractivity (Wildman–Crippen MR) is 74.6 cm³/mol. The number of nitrogens with one attached hydrogen (secondary N) is 2. The van der Waals surface area contributed by atoms with Gasteiger partial charge < -0.3 is 10.6 Å². The molecule has 0 aromatic heterocycles. The molecule has 1 aliphatic carbocycles. The van der Waals surface area contributed by atoms with Gasteiger partial charge in [-0.15, -0.1) is 12.4 Å². The van der Waals surface area contributed by atoms with E-state index in [1.807, 2.05) is 0 Å². The molecule has 1 rings (SSSR count). The van der Waals surface area contributed by atoms with E-state index in [-0.39, 0.29) is 24.2 Å². The lowest BCUT2D eigenvalue weighted by Gasteiger charge is -2.14. The second-order valence-corrected chi connectivity index (χ2v) is 4.73. The molecule has 102 valence electrons. The number of hydrogen-bond acceptors (Lipinski definition) is 2. The highest BCUT2D eigenvalue weighted by molar-refractivity contribution is 5.85. The highest BCUT2D eigenvalue weighted by Crippen LogP contribution is 2.22. The lowest BCUT2D eigenvalue weighted by Crippen LogP contribution is -2.35. The van der Waals surface area contributed by atoms with Crippen LogP contribution in [0.3, 0.4) is 0 Å². The molecule has 2 N–H and O–H groups in total. The van der Waals surface area contributed by atoms with E-state index in [0.29, 0.717) is 0 Å². The van der Waals surface area contributed by atoms with Gasteiger partial charge in [-0.25, -0.2) is 0 Å². The van der Waals surface area contributed by atoms with Crippen molar-refractivity contribution in [1.82, 2.24) is 10.6 Å². The largest absolute Gasteiger partial charge is 0.355 e. The van der Waals surface area contributed by atoms with Gasteiger partial charge in [-0.3, -0.25) is 4.79 Å². The number of amides is 1. The summed E-state index contributed by atoms with van der Waals surface area (Å²) in [5.41, 5.74) is 0. The van der Waals surface area contributed by atoms with Gasteiger partial charge in [0.05, 0.1) is 0 Å². The maximum absolute atomic E-state index is 11.8. The molecule has 0 atom stereocenters. The van der Waals surface area contributed by atoms with Crippen molar-refractivity contribution >= 4 is 18.3 Å².